The fraction of sp³-hybridized carbons (Fsp3) is 0.952. The molecule has 0 unspecified atom stereocenters. The van der Waals surface area contributed by atoms with E-state index in [0.717, 1.165) is 75.5 Å². The van der Waals surface area contributed by atoms with Gasteiger partial charge < -0.3 is 14.2 Å². The van der Waals surface area contributed by atoms with Crippen LogP contribution in [0.5, 0.6) is 0 Å². The summed E-state index contributed by atoms with van der Waals surface area (Å²) in [5.41, 5.74) is 0. The van der Waals surface area contributed by atoms with Gasteiger partial charge in [0, 0.05) is 19.3 Å². The lowest BCUT2D eigenvalue weighted by atomic mass is 10.0. The normalized spacial score (nSPS) is 12.1. The molecular formula is C63H122O6. The molecule has 410 valence electrons. The maximum absolute atomic E-state index is 12.9. The van der Waals surface area contributed by atoms with Crippen molar-refractivity contribution in [3.8, 4) is 0 Å². The van der Waals surface area contributed by atoms with Gasteiger partial charge in [-0.05, 0) is 37.0 Å². The first kappa shape index (κ1) is 67.4. The first-order valence-corrected chi connectivity index (χ1v) is 31.1. The molecule has 0 aromatic rings. The lowest BCUT2D eigenvalue weighted by molar-refractivity contribution is -0.167. The summed E-state index contributed by atoms with van der Waals surface area (Å²) in [6.07, 6.45) is 58.1. The average molecular weight is 976 g/mol. The highest BCUT2D eigenvalue weighted by atomic mass is 16.6. The standard InChI is InChI=1S/C63H122O6/c1-57(2)49-43-37-31-25-19-13-9-7-8-10-15-22-28-34-40-46-52-61(64)67-55-60(69-63(66)54-48-42-36-30-24-18-17-21-27-33-39-45-51-59(5)6)56-68-62(65)53-47-41-35-29-23-16-12-11-14-20-26-32-38-44-50-58(3)4/h57-60H,7-56H2,1-6H3/t60-/m0/s1. The number of hydrogen-bond acceptors (Lipinski definition) is 6. The second kappa shape index (κ2) is 54.2. The van der Waals surface area contributed by atoms with Crippen LogP contribution in [-0.4, -0.2) is 37.2 Å². The summed E-state index contributed by atoms with van der Waals surface area (Å²) >= 11 is 0. The van der Waals surface area contributed by atoms with Crippen molar-refractivity contribution in [2.75, 3.05) is 13.2 Å². The van der Waals surface area contributed by atoms with Crippen molar-refractivity contribution in [1.82, 2.24) is 0 Å². The summed E-state index contributed by atoms with van der Waals surface area (Å²) in [4.78, 5) is 38.3. The number of carbonyl (C=O) groups excluding carboxylic acids is 3. The van der Waals surface area contributed by atoms with Gasteiger partial charge in [-0.3, -0.25) is 14.4 Å². The van der Waals surface area contributed by atoms with Crippen LogP contribution in [0.25, 0.3) is 0 Å². The van der Waals surface area contributed by atoms with Crippen LogP contribution < -0.4 is 0 Å². The smallest absolute Gasteiger partial charge is 0.306 e. The maximum Gasteiger partial charge on any atom is 0.306 e. The predicted molar refractivity (Wildman–Crippen MR) is 298 cm³/mol. The molecule has 1 atom stereocenters. The number of hydrogen-bond donors (Lipinski definition) is 0. The molecule has 0 saturated carbocycles. The van der Waals surface area contributed by atoms with Crippen LogP contribution in [0.15, 0.2) is 0 Å². The van der Waals surface area contributed by atoms with Crippen LogP contribution in [0.1, 0.15) is 350 Å². The Labute approximate surface area is 431 Å². The molecule has 0 aliphatic heterocycles. The van der Waals surface area contributed by atoms with Crippen LogP contribution in [0, 0.1) is 17.8 Å². The van der Waals surface area contributed by atoms with Gasteiger partial charge in [0.05, 0.1) is 0 Å². The lowest BCUT2D eigenvalue weighted by Gasteiger charge is -2.18. The second-order valence-corrected chi connectivity index (χ2v) is 23.1. The van der Waals surface area contributed by atoms with E-state index in [1.807, 2.05) is 0 Å². The van der Waals surface area contributed by atoms with E-state index in [2.05, 4.69) is 41.5 Å². The van der Waals surface area contributed by atoms with Crippen molar-refractivity contribution < 1.29 is 28.6 Å². The number of ether oxygens (including phenoxy) is 3. The number of unbranched alkanes of at least 4 members (excludes halogenated alkanes) is 39. The lowest BCUT2D eigenvalue weighted by Crippen LogP contribution is -2.30. The van der Waals surface area contributed by atoms with E-state index < -0.39 is 6.10 Å². The molecule has 6 heteroatoms. The predicted octanol–water partition coefficient (Wildman–Crippen LogP) is 20.7. The van der Waals surface area contributed by atoms with E-state index >= 15 is 0 Å². The zero-order valence-electron chi connectivity index (χ0n) is 47.6. The minimum atomic E-state index is -0.764. The summed E-state index contributed by atoms with van der Waals surface area (Å²) in [6.45, 7) is 13.8. The van der Waals surface area contributed by atoms with Crippen molar-refractivity contribution in [2.45, 2.75) is 356 Å². The molecule has 69 heavy (non-hydrogen) atoms. The van der Waals surface area contributed by atoms with E-state index in [1.54, 1.807) is 0 Å². The Morgan fingerprint density at radius 3 is 0.623 bits per heavy atom. The number of esters is 3. The third-order valence-corrected chi connectivity index (χ3v) is 14.4. The number of rotatable bonds is 56. The fourth-order valence-electron chi connectivity index (χ4n) is 9.71. The molecule has 0 heterocycles. The van der Waals surface area contributed by atoms with Gasteiger partial charge >= 0.3 is 17.9 Å². The summed E-state index contributed by atoms with van der Waals surface area (Å²) in [7, 11) is 0. The summed E-state index contributed by atoms with van der Waals surface area (Å²) in [5.74, 6) is 1.69. The van der Waals surface area contributed by atoms with Crippen molar-refractivity contribution in [3.63, 3.8) is 0 Å². The molecule has 0 aliphatic rings. The zero-order chi connectivity index (χ0) is 50.5. The van der Waals surface area contributed by atoms with E-state index in [0.29, 0.717) is 19.3 Å². The molecule has 0 amide bonds. The topological polar surface area (TPSA) is 78.9 Å². The second-order valence-electron chi connectivity index (χ2n) is 23.1. The third kappa shape index (κ3) is 57.2. The molecule has 0 bridgehead atoms. The summed E-state index contributed by atoms with van der Waals surface area (Å²) in [6, 6.07) is 0. The van der Waals surface area contributed by atoms with Crippen LogP contribution in [0.3, 0.4) is 0 Å². The van der Waals surface area contributed by atoms with Crippen LogP contribution >= 0.6 is 0 Å². The maximum atomic E-state index is 12.9. The first-order valence-electron chi connectivity index (χ1n) is 31.1. The molecule has 0 radical (unpaired) electrons. The van der Waals surface area contributed by atoms with Gasteiger partial charge in [0.1, 0.15) is 13.2 Å². The summed E-state index contributed by atoms with van der Waals surface area (Å²) in [5, 5.41) is 0. The Bertz CT molecular complexity index is 1070. The first-order chi connectivity index (χ1) is 33.6. The molecular weight excluding hydrogens is 853 g/mol. The highest BCUT2D eigenvalue weighted by molar-refractivity contribution is 5.71. The van der Waals surface area contributed by atoms with Crippen molar-refractivity contribution in [1.29, 1.82) is 0 Å². The van der Waals surface area contributed by atoms with Gasteiger partial charge in [0.2, 0.25) is 0 Å². The highest BCUT2D eigenvalue weighted by Gasteiger charge is 2.19. The Balaban J connectivity index is 4.28. The summed E-state index contributed by atoms with van der Waals surface area (Å²) < 4.78 is 16.9. The largest absolute Gasteiger partial charge is 0.462 e. The van der Waals surface area contributed by atoms with Crippen molar-refractivity contribution in [2.24, 2.45) is 17.8 Å². The van der Waals surface area contributed by atoms with E-state index in [4.69, 9.17) is 14.2 Å². The van der Waals surface area contributed by atoms with E-state index in [9.17, 15) is 14.4 Å². The Kier molecular flexibility index (Phi) is 52.9. The monoisotopic (exact) mass is 975 g/mol. The van der Waals surface area contributed by atoms with Gasteiger partial charge in [-0.25, -0.2) is 0 Å². The van der Waals surface area contributed by atoms with Crippen LogP contribution in [-0.2, 0) is 28.6 Å². The molecule has 0 rings (SSSR count). The molecule has 0 fully saturated rings. The SMILES string of the molecule is CC(C)CCCCCCCCCCCCCCCCCCC(=O)OC[C@@H](COC(=O)CCCCCCCCCCCCCCCCC(C)C)OC(=O)CCCCCCCCCCCCCCC(C)C. The zero-order valence-corrected chi connectivity index (χ0v) is 47.6. The third-order valence-electron chi connectivity index (χ3n) is 14.4. The number of carbonyl (C=O) groups is 3. The van der Waals surface area contributed by atoms with Crippen LogP contribution in [0.4, 0.5) is 0 Å². The molecule has 0 aromatic heterocycles. The molecule has 0 spiro atoms. The molecule has 6 nitrogen and oxygen atoms in total. The van der Waals surface area contributed by atoms with E-state index in [1.165, 1.54) is 231 Å². The van der Waals surface area contributed by atoms with Gasteiger partial charge in [-0.2, -0.15) is 0 Å². The minimum absolute atomic E-state index is 0.0628. The fourth-order valence-corrected chi connectivity index (χ4v) is 9.71. The van der Waals surface area contributed by atoms with Crippen LogP contribution in [0.2, 0.25) is 0 Å². The molecule has 0 aromatic carbocycles. The van der Waals surface area contributed by atoms with Gasteiger partial charge in [0.15, 0.2) is 6.10 Å². The minimum Gasteiger partial charge on any atom is -0.462 e. The Hall–Kier alpha value is -1.59. The van der Waals surface area contributed by atoms with E-state index in [-0.39, 0.29) is 31.1 Å². The van der Waals surface area contributed by atoms with Gasteiger partial charge in [0.25, 0.3) is 0 Å². The Morgan fingerprint density at radius 1 is 0.246 bits per heavy atom. The average Bonchev–Trinajstić information content (AvgIpc) is 3.31. The van der Waals surface area contributed by atoms with Crippen molar-refractivity contribution in [3.05, 3.63) is 0 Å². The van der Waals surface area contributed by atoms with Gasteiger partial charge in [-0.15, -0.1) is 0 Å². The quantitative estimate of drug-likeness (QED) is 0.0343. The Morgan fingerprint density at radius 2 is 0.420 bits per heavy atom. The molecule has 0 aliphatic carbocycles. The highest BCUT2D eigenvalue weighted by Crippen LogP contribution is 2.19. The van der Waals surface area contributed by atoms with Gasteiger partial charge in [-0.1, -0.05) is 311 Å². The molecule has 0 saturated heterocycles. The molecule has 0 N–H and O–H groups in total. The van der Waals surface area contributed by atoms with Crippen molar-refractivity contribution >= 4 is 17.9 Å².